The Labute approximate surface area is 145 Å². The SMILES string of the molecule is CC1CCCCC12NC(=O)N(Cc1nnnn1-c1ccccc1)C2=O. The standard InChI is InChI=1S/C17H20N6O2/c1-12-7-5-6-10-17(12)15(24)22(16(25)18-17)11-14-19-20-21-23(14)13-8-3-2-4-9-13/h2-4,8-9,12H,5-7,10-11H2,1H3,(H,18,25). The molecule has 25 heavy (non-hydrogen) atoms. The molecule has 2 unspecified atom stereocenters. The van der Waals surface area contributed by atoms with Crippen molar-refractivity contribution in [1.29, 1.82) is 0 Å². The predicted molar refractivity (Wildman–Crippen MR) is 88.6 cm³/mol. The number of para-hydroxylation sites is 1. The van der Waals surface area contributed by atoms with E-state index in [0.29, 0.717) is 12.2 Å². The molecule has 2 fully saturated rings. The first-order valence-corrected chi connectivity index (χ1v) is 8.58. The summed E-state index contributed by atoms with van der Waals surface area (Å²) in [6, 6.07) is 9.05. The average Bonchev–Trinajstić information content (AvgIpc) is 3.18. The predicted octanol–water partition coefficient (Wildman–Crippen LogP) is 1.66. The molecule has 3 amide bonds. The van der Waals surface area contributed by atoms with Crippen molar-refractivity contribution >= 4 is 11.9 Å². The molecule has 8 heteroatoms. The molecule has 2 aromatic rings. The Balaban J connectivity index is 1.61. The molecule has 1 spiro atoms. The molecule has 1 N–H and O–H groups in total. The van der Waals surface area contributed by atoms with Crippen LogP contribution in [0.2, 0.25) is 0 Å². The molecule has 1 aromatic heterocycles. The van der Waals surface area contributed by atoms with E-state index in [4.69, 9.17) is 0 Å². The minimum atomic E-state index is -0.764. The van der Waals surface area contributed by atoms with Gasteiger partial charge < -0.3 is 5.32 Å². The van der Waals surface area contributed by atoms with Crippen LogP contribution >= 0.6 is 0 Å². The Morgan fingerprint density at radius 1 is 1.24 bits per heavy atom. The van der Waals surface area contributed by atoms with Gasteiger partial charge in [0, 0.05) is 0 Å². The molecule has 1 saturated heterocycles. The number of tetrazole rings is 1. The van der Waals surface area contributed by atoms with Gasteiger partial charge >= 0.3 is 6.03 Å². The number of benzene rings is 1. The minimum absolute atomic E-state index is 0.0566. The lowest BCUT2D eigenvalue weighted by Gasteiger charge is -2.36. The Bertz CT molecular complexity index is 804. The van der Waals surface area contributed by atoms with E-state index in [1.807, 2.05) is 37.3 Å². The number of imide groups is 1. The molecule has 130 valence electrons. The third-order valence-corrected chi connectivity index (χ3v) is 5.34. The molecule has 0 bridgehead atoms. The number of hydrogen-bond acceptors (Lipinski definition) is 5. The number of rotatable bonds is 3. The highest BCUT2D eigenvalue weighted by molar-refractivity contribution is 6.07. The summed E-state index contributed by atoms with van der Waals surface area (Å²) in [5.74, 6) is 0.426. The zero-order valence-electron chi connectivity index (χ0n) is 14.1. The van der Waals surface area contributed by atoms with Crippen LogP contribution < -0.4 is 5.32 Å². The van der Waals surface area contributed by atoms with Gasteiger partial charge in [0.2, 0.25) is 0 Å². The van der Waals surface area contributed by atoms with Crippen molar-refractivity contribution in [3.63, 3.8) is 0 Å². The molecule has 1 saturated carbocycles. The van der Waals surface area contributed by atoms with E-state index in [1.54, 1.807) is 4.68 Å². The fraction of sp³-hybridized carbons (Fsp3) is 0.471. The minimum Gasteiger partial charge on any atom is -0.323 e. The van der Waals surface area contributed by atoms with E-state index in [0.717, 1.165) is 24.9 Å². The number of amides is 3. The number of carbonyl (C=O) groups excluding carboxylic acids is 2. The van der Waals surface area contributed by atoms with Crippen molar-refractivity contribution in [2.45, 2.75) is 44.7 Å². The van der Waals surface area contributed by atoms with Crippen LogP contribution in [0.4, 0.5) is 4.79 Å². The van der Waals surface area contributed by atoms with Crippen molar-refractivity contribution in [2.75, 3.05) is 0 Å². The van der Waals surface area contributed by atoms with E-state index in [9.17, 15) is 9.59 Å². The van der Waals surface area contributed by atoms with Gasteiger partial charge in [-0.2, -0.15) is 4.68 Å². The highest BCUT2D eigenvalue weighted by Gasteiger charge is 2.55. The van der Waals surface area contributed by atoms with Gasteiger partial charge in [-0.3, -0.25) is 9.69 Å². The number of urea groups is 1. The number of carbonyl (C=O) groups is 2. The first kappa shape index (κ1) is 15.7. The van der Waals surface area contributed by atoms with Gasteiger partial charge in [-0.15, -0.1) is 5.10 Å². The normalized spacial score (nSPS) is 26.3. The highest BCUT2D eigenvalue weighted by Crippen LogP contribution is 2.38. The van der Waals surface area contributed by atoms with Crippen molar-refractivity contribution in [3.8, 4) is 5.69 Å². The van der Waals surface area contributed by atoms with Gasteiger partial charge in [-0.1, -0.05) is 38.0 Å². The van der Waals surface area contributed by atoms with Gasteiger partial charge in [0.15, 0.2) is 5.82 Å². The second kappa shape index (κ2) is 5.94. The van der Waals surface area contributed by atoms with Crippen LogP contribution in [0.25, 0.3) is 5.69 Å². The van der Waals surface area contributed by atoms with E-state index in [-0.39, 0.29) is 24.4 Å². The first-order chi connectivity index (χ1) is 12.1. The van der Waals surface area contributed by atoms with Crippen molar-refractivity contribution < 1.29 is 9.59 Å². The van der Waals surface area contributed by atoms with Gasteiger partial charge in [-0.05, 0) is 41.3 Å². The summed E-state index contributed by atoms with van der Waals surface area (Å²) < 4.78 is 1.55. The van der Waals surface area contributed by atoms with Crippen LogP contribution in [0, 0.1) is 5.92 Å². The molecule has 4 rings (SSSR count). The molecule has 1 aromatic carbocycles. The van der Waals surface area contributed by atoms with E-state index >= 15 is 0 Å². The van der Waals surface area contributed by atoms with E-state index < -0.39 is 5.54 Å². The summed E-state index contributed by atoms with van der Waals surface area (Å²) in [4.78, 5) is 26.8. The van der Waals surface area contributed by atoms with Gasteiger partial charge in [0.25, 0.3) is 5.91 Å². The highest BCUT2D eigenvalue weighted by atomic mass is 16.2. The topological polar surface area (TPSA) is 93.0 Å². The van der Waals surface area contributed by atoms with Gasteiger partial charge in [0.05, 0.1) is 12.2 Å². The molecule has 2 atom stereocenters. The van der Waals surface area contributed by atoms with Crippen LogP contribution in [0.1, 0.15) is 38.4 Å². The lowest BCUT2D eigenvalue weighted by Crippen LogP contribution is -2.53. The molecule has 2 aliphatic rings. The Hall–Kier alpha value is -2.77. The van der Waals surface area contributed by atoms with Gasteiger partial charge in [0.1, 0.15) is 5.54 Å². The van der Waals surface area contributed by atoms with Crippen molar-refractivity contribution in [2.24, 2.45) is 5.92 Å². The maximum absolute atomic E-state index is 13.0. The largest absolute Gasteiger partial charge is 0.325 e. The molecule has 0 radical (unpaired) electrons. The fourth-order valence-electron chi connectivity index (χ4n) is 3.85. The summed E-state index contributed by atoms with van der Waals surface area (Å²) in [5, 5.41) is 14.6. The third kappa shape index (κ3) is 2.48. The van der Waals surface area contributed by atoms with E-state index in [2.05, 4.69) is 20.8 Å². The zero-order valence-corrected chi connectivity index (χ0v) is 14.1. The van der Waals surface area contributed by atoms with Crippen molar-refractivity contribution in [3.05, 3.63) is 36.2 Å². The third-order valence-electron chi connectivity index (χ3n) is 5.34. The Morgan fingerprint density at radius 3 is 2.80 bits per heavy atom. The van der Waals surface area contributed by atoms with Crippen molar-refractivity contribution in [1.82, 2.24) is 30.4 Å². The number of nitrogens with one attached hydrogen (secondary N) is 1. The van der Waals surface area contributed by atoms with Crippen LogP contribution in [-0.4, -0.2) is 42.6 Å². The summed E-state index contributed by atoms with van der Waals surface area (Å²) in [7, 11) is 0. The van der Waals surface area contributed by atoms with Crippen LogP contribution in [-0.2, 0) is 11.3 Å². The summed E-state index contributed by atoms with van der Waals surface area (Å²) in [6.45, 7) is 2.09. The fourth-order valence-corrected chi connectivity index (χ4v) is 3.85. The summed E-state index contributed by atoms with van der Waals surface area (Å²) in [6.07, 6.45) is 3.69. The molecular weight excluding hydrogens is 320 g/mol. The van der Waals surface area contributed by atoms with Gasteiger partial charge in [-0.25, -0.2) is 4.79 Å². The lowest BCUT2D eigenvalue weighted by atomic mass is 9.73. The van der Waals surface area contributed by atoms with Crippen LogP contribution in [0.5, 0.6) is 0 Å². The number of nitrogens with zero attached hydrogens (tertiary/aromatic N) is 5. The molecule has 8 nitrogen and oxygen atoms in total. The zero-order chi connectivity index (χ0) is 17.4. The van der Waals surface area contributed by atoms with E-state index in [1.165, 1.54) is 4.90 Å². The molecule has 2 heterocycles. The second-order valence-corrected chi connectivity index (χ2v) is 6.78. The monoisotopic (exact) mass is 340 g/mol. The van der Waals surface area contributed by atoms with Crippen LogP contribution in [0.3, 0.4) is 0 Å². The molecular formula is C17H20N6O2. The maximum Gasteiger partial charge on any atom is 0.325 e. The second-order valence-electron chi connectivity index (χ2n) is 6.78. The quantitative estimate of drug-likeness (QED) is 0.858. The Morgan fingerprint density at radius 2 is 2.04 bits per heavy atom. The van der Waals surface area contributed by atoms with Crippen LogP contribution in [0.15, 0.2) is 30.3 Å². The number of aromatic nitrogens is 4. The maximum atomic E-state index is 13.0. The molecule has 1 aliphatic heterocycles. The smallest absolute Gasteiger partial charge is 0.323 e. The lowest BCUT2D eigenvalue weighted by molar-refractivity contribution is -0.134. The first-order valence-electron chi connectivity index (χ1n) is 8.58. The number of hydrogen-bond donors (Lipinski definition) is 1. The summed E-state index contributed by atoms with van der Waals surface area (Å²) >= 11 is 0. The Kier molecular flexibility index (Phi) is 3.74. The average molecular weight is 340 g/mol. The molecule has 1 aliphatic carbocycles. The summed E-state index contributed by atoms with van der Waals surface area (Å²) in [5.41, 5.74) is 0.0238.